The first-order valence-electron chi connectivity index (χ1n) is 11.6. The monoisotopic (exact) mass is 462 g/mol. The molecule has 0 unspecified atom stereocenters. The number of aliphatic hydroxyl groups is 2. The van der Waals surface area contributed by atoms with Crippen LogP contribution in [0.5, 0.6) is 0 Å². The van der Waals surface area contributed by atoms with Crippen molar-refractivity contribution < 1.29 is 14.3 Å². The van der Waals surface area contributed by atoms with Gasteiger partial charge in [0.05, 0.1) is 22.0 Å². The normalized spacial score (nSPS) is 12.1. The fourth-order valence-electron chi connectivity index (χ4n) is 4.58. The molecule has 0 spiro atoms. The molecule has 0 aliphatic heterocycles. The van der Waals surface area contributed by atoms with Gasteiger partial charge in [0.25, 0.3) is 8.41 Å². The lowest BCUT2D eigenvalue weighted by atomic mass is 10.2. The van der Waals surface area contributed by atoms with E-state index in [1.807, 2.05) is 52.0 Å². The molecule has 174 valence electrons. The molecule has 2 nitrogen and oxygen atoms in total. The van der Waals surface area contributed by atoms with Gasteiger partial charge in [-0.3, -0.25) is 0 Å². The average molecular weight is 463 g/mol. The van der Waals surface area contributed by atoms with E-state index in [-0.39, 0.29) is 24.3 Å². The van der Waals surface area contributed by atoms with Gasteiger partial charge < -0.3 is 14.3 Å². The smallest absolute Gasteiger partial charge is 0.282 e. The molecule has 0 atom stereocenters. The van der Waals surface area contributed by atoms with Crippen LogP contribution in [0.2, 0.25) is 22.2 Å². The molecule has 2 aromatic rings. The van der Waals surface area contributed by atoms with Gasteiger partial charge in [0, 0.05) is 0 Å². The second-order valence-electron chi connectivity index (χ2n) is 9.85. The lowest BCUT2D eigenvalue weighted by molar-refractivity contribution is 0.281. The van der Waals surface area contributed by atoms with Crippen LogP contribution in [0.15, 0.2) is 48.5 Å². The molecule has 2 N–H and O–H groups in total. The van der Waals surface area contributed by atoms with Gasteiger partial charge in [0.15, 0.2) is 0 Å². The van der Waals surface area contributed by atoms with Crippen molar-refractivity contribution in [1.82, 2.24) is 0 Å². The summed E-state index contributed by atoms with van der Waals surface area (Å²) in [5.41, 5.74) is 3.60. The van der Waals surface area contributed by atoms with Crippen LogP contribution in [-0.2, 0) is 13.2 Å². The zero-order chi connectivity index (χ0) is 23.8. The molecule has 2 rings (SSSR count). The van der Waals surface area contributed by atoms with Crippen molar-refractivity contribution in [3.05, 3.63) is 59.7 Å². The topological polar surface area (TPSA) is 40.5 Å². The molecule has 0 aliphatic carbocycles. The van der Waals surface area contributed by atoms with E-state index in [9.17, 15) is 0 Å². The van der Waals surface area contributed by atoms with Gasteiger partial charge in [-0.1, -0.05) is 109 Å². The van der Waals surface area contributed by atoms with E-state index < -0.39 is 17.2 Å². The summed E-state index contributed by atoms with van der Waals surface area (Å²) in [5, 5.41) is 20.3. The fraction of sp³-hybridized carbons (Fsp3) is 0.538. The number of hydrogen-bond donors (Lipinski definition) is 2. The highest BCUT2D eigenvalue weighted by Crippen LogP contribution is 2.33. The van der Waals surface area contributed by atoms with E-state index in [1.165, 1.54) is 5.19 Å². The third kappa shape index (κ3) is 7.38. The Bertz CT molecular complexity index is 740. The van der Waals surface area contributed by atoms with Crippen molar-refractivity contribution in [3.8, 4) is 0 Å². The first-order chi connectivity index (χ1) is 14.5. The molecular weight excluding hydrogens is 419 g/mol. The predicted molar refractivity (Wildman–Crippen MR) is 138 cm³/mol. The summed E-state index contributed by atoms with van der Waals surface area (Å²) in [6.45, 7) is 17.3. The SMILES string of the molecule is CC(C)[SiH](c1ccc(CO)cc1)C(C)C.CC(C)[Si](F)(c1ccc(CO)cc1)C(C)C. The highest BCUT2D eigenvalue weighted by atomic mass is 28.4. The maximum absolute atomic E-state index is 15.1. The van der Waals surface area contributed by atoms with Crippen LogP contribution < -0.4 is 10.4 Å². The Morgan fingerprint density at radius 1 is 0.677 bits per heavy atom. The molecule has 0 saturated carbocycles. The molecule has 0 heterocycles. The number of benzene rings is 2. The van der Waals surface area contributed by atoms with E-state index in [1.54, 1.807) is 0 Å². The third-order valence-corrected chi connectivity index (χ3v) is 14.8. The van der Waals surface area contributed by atoms with Crippen LogP contribution in [0.3, 0.4) is 0 Å². The van der Waals surface area contributed by atoms with Crippen molar-refractivity contribution in [2.45, 2.75) is 90.8 Å². The van der Waals surface area contributed by atoms with E-state index in [0.717, 1.165) is 27.4 Å². The van der Waals surface area contributed by atoms with Gasteiger partial charge in [0.2, 0.25) is 0 Å². The predicted octanol–water partition coefficient (Wildman–Crippen LogP) is 5.55. The number of halogens is 1. The summed E-state index contributed by atoms with van der Waals surface area (Å²) in [7, 11) is -3.75. The van der Waals surface area contributed by atoms with Crippen molar-refractivity contribution in [3.63, 3.8) is 0 Å². The van der Waals surface area contributed by atoms with Crippen LogP contribution >= 0.6 is 0 Å². The Balaban J connectivity index is 0.000000311. The highest BCUT2D eigenvalue weighted by Gasteiger charge is 2.43. The molecule has 5 heteroatoms. The van der Waals surface area contributed by atoms with E-state index >= 15 is 4.11 Å². The summed E-state index contributed by atoms with van der Waals surface area (Å²) in [5.74, 6) is 0. The minimum atomic E-state index is -2.90. The molecule has 0 fully saturated rings. The lowest BCUT2D eigenvalue weighted by Crippen LogP contribution is -2.49. The van der Waals surface area contributed by atoms with Gasteiger partial charge >= 0.3 is 0 Å². The van der Waals surface area contributed by atoms with Gasteiger partial charge in [-0.25, -0.2) is 0 Å². The zero-order valence-electron chi connectivity index (χ0n) is 20.7. The van der Waals surface area contributed by atoms with Crippen LogP contribution in [0.25, 0.3) is 0 Å². The van der Waals surface area contributed by atoms with Gasteiger partial charge in [-0.15, -0.1) is 0 Å². The Labute approximate surface area is 192 Å². The van der Waals surface area contributed by atoms with Gasteiger partial charge in [-0.05, 0) is 38.5 Å². The Morgan fingerprint density at radius 3 is 1.32 bits per heavy atom. The van der Waals surface area contributed by atoms with Gasteiger partial charge in [0.1, 0.15) is 0 Å². The maximum Gasteiger partial charge on any atom is 0.282 e. The third-order valence-electron chi connectivity index (χ3n) is 6.24. The number of rotatable bonds is 8. The molecule has 0 saturated heterocycles. The zero-order valence-corrected chi connectivity index (χ0v) is 22.8. The second kappa shape index (κ2) is 12.7. The standard InChI is InChI=1S/C13H21FOSi.C13H22OSi/c1-10(2)16(14,11(3)4)13-7-5-12(9-15)6-8-13;1-10(2)15(11(3)4)13-7-5-12(9-14)6-8-13/h5-8,10-11,15H,9H2,1-4H3;5-8,10-11,14-15H,9H2,1-4H3. The van der Waals surface area contributed by atoms with Crippen LogP contribution in [-0.4, -0.2) is 27.4 Å². The summed E-state index contributed by atoms with van der Waals surface area (Å²) in [6, 6.07) is 15.9. The van der Waals surface area contributed by atoms with E-state index in [2.05, 4.69) is 52.0 Å². The summed E-state index contributed by atoms with van der Waals surface area (Å²) >= 11 is 0. The molecule has 0 radical (unpaired) electrons. The van der Waals surface area contributed by atoms with Crippen LogP contribution in [0, 0.1) is 0 Å². The molecular formula is C26H43FO2Si2. The van der Waals surface area contributed by atoms with Crippen LogP contribution in [0.4, 0.5) is 4.11 Å². The van der Waals surface area contributed by atoms with Gasteiger partial charge in [-0.2, -0.15) is 0 Å². The largest absolute Gasteiger partial charge is 0.392 e. The first-order valence-corrected chi connectivity index (χ1v) is 15.5. The van der Waals surface area contributed by atoms with Crippen molar-refractivity contribution in [1.29, 1.82) is 0 Å². The van der Waals surface area contributed by atoms with Crippen molar-refractivity contribution in [2.24, 2.45) is 0 Å². The molecule has 2 aromatic carbocycles. The highest BCUT2D eigenvalue weighted by molar-refractivity contribution is 6.88. The quantitative estimate of drug-likeness (QED) is 0.399. The number of aliphatic hydroxyl groups excluding tert-OH is 2. The Kier molecular flexibility index (Phi) is 11.4. The van der Waals surface area contributed by atoms with E-state index in [0.29, 0.717) is 0 Å². The first kappa shape index (κ1) is 27.8. The fourth-order valence-corrected chi connectivity index (χ4v) is 11.6. The Hall–Kier alpha value is -1.28. The second-order valence-corrected chi connectivity index (χ2v) is 18.7. The number of hydrogen-bond acceptors (Lipinski definition) is 2. The molecule has 0 bridgehead atoms. The minimum absolute atomic E-state index is 0.0183. The maximum atomic E-state index is 15.1. The van der Waals surface area contributed by atoms with Crippen LogP contribution in [0.1, 0.15) is 66.5 Å². The molecule has 0 amide bonds. The molecule has 0 aromatic heterocycles. The molecule has 0 aliphatic rings. The van der Waals surface area contributed by atoms with E-state index in [4.69, 9.17) is 10.2 Å². The molecule has 31 heavy (non-hydrogen) atoms. The lowest BCUT2D eigenvalue weighted by Gasteiger charge is -2.30. The average Bonchev–Trinajstić information content (AvgIpc) is 2.73. The summed E-state index contributed by atoms with van der Waals surface area (Å²) < 4.78 is 15.1. The Morgan fingerprint density at radius 2 is 1.03 bits per heavy atom. The van der Waals surface area contributed by atoms with Crippen molar-refractivity contribution >= 4 is 27.6 Å². The van der Waals surface area contributed by atoms with Crippen molar-refractivity contribution in [2.75, 3.05) is 0 Å². The minimum Gasteiger partial charge on any atom is -0.392 e. The summed E-state index contributed by atoms with van der Waals surface area (Å²) in [4.78, 5) is 0. The summed E-state index contributed by atoms with van der Waals surface area (Å²) in [6.07, 6.45) is 0.